The zero-order valence-corrected chi connectivity index (χ0v) is 8.42. The zero-order valence-electron chi connectivity index (χ0n) is 8.42. The van der Waals surface area contributed by atoms with Crippen molar-refractivity contribution in [1.29, 1.82) is 0 Å². The van der Waals surface area contributed by atoms with Gasteiger partial charge in [-0.25, -0.2) is 0 Å². The standard InChI is InChI=1S/C11H22O/c1-3-4-5-6-7-8-9-10-11(2)12/h3-4,11-12H,5-10H2,1-2H3/b4-3+/t11-/m1/s1. The summed E-state index contributed by atoms with van der Waals surface area (Å²) in [4.78, 5) is 0. The highest BCUT2D eigenvalue weighted by atomic mass is 16.3. The monoisotopic (exact) mass is 170 g/mol. The van der Waals surface area contributed by atoms with Crippen LogP contribution in [0.25, 0.3) is 0 Å². The Bertz CT molecular complexity index is 106. The van der Waals surface area contributed by atoms with Gasteiger partial charge in [-0.05, 0) is 33.1 Å². The molecular weight excluding hydrogens is 148 g/mol. The van der Waals surface area contributed by atoms with Crippen molar-refractivity contribution in [3.05, 3.63) is 12.2 Å². The molecule has 0 saturated carbocycles. The van der Waals surface area contributed by atoms with Gasteiger partial charge in [-0.3, -0.25) is 0 Å². The molecule has 0 aromatic carbocycles. The van der Waals surface area contributed by atoms with Crippen LogP contribution in [0.15, 0.2) is 12.2 Å². The highest BCUT2D eigenvalue weighted by molar-refractivity contribution is 4.76. The summed E-state index contributed by atoms with van der Waals surface area (Å²) >= 11 is 0. The Morgan fingerprint density at radius 2 is 1.83 bits per heavy atom. The maximum atomic E-state index is 8.98. The first-order valence-corrected chi connectivity index (χ1v) is 5.06. The van der Waals surface area contributed by atoms with Crippen LogP contribution >= 0.6 is 0 Å². The second-order valence-electron chi connectivity index (χ2n) is 3.41. The quantitative estimate of drug-likeness (QED) is 0.459. The molecular formula is C11H22O. The number of rotatable bonds is 7. The van der Waals surface area contributed by atoms with Gasteiger partial charge in [0.15, 0.2) is 0 Å². The number of aliphatic hydroxyl groups excluding tert-OH is 1. The smallest absolute Gasteiger partial charge is 0.0512 e. The summed E-state index contributed by atoms with van der Waals surface area (Å²) in [6, 6.07) is 0. The average Bonchev–Trinajstić information content (AvgIpc) is 2.02. The largest absolute Gasteiger partial charge is 0.393 e. The summed E-state index contributed by atoms with van der Waals surface area (Å²) in [6.07, 6.45) is 11.4. The molecule has 0 aromatic rings. The van der Waals surface area contributed by atoms with Crippen molar-refractivity contribution in [1.82, 2.24) is 0 Å². The maximum absolute atomic E-state index is 8.98. The first-order valence-electron chi connectivity index (χ1n) is 5.06. The molecule has 0 aliphatic rings. The molecule has 0 aromatic heterocycles. The van der Waals surface area contributed by atoms with Crippen molar-refractivity contribution in [3.63, 3.8) is 0 Å². The van der Waals surface area contributed by atoms with Gasteiger partial charge < -0.3 is 5.11 Å². The molecule has 12 heavy (non-hydrogen) atoms. The Hall–Kier alpha value is -0.300. The molecule has 1 atom stereocenters. The Morgan fingerprint density at radius 1 is 1.17 bits per heavy atom. The predicted molar refractivity (Wildman–Crippen MR) is 54.2 cm³/mol. The molecule has 0 fully saturated rings. The van der Waals surface area contributed by atoms with Crippen LogP contribution in [0.2, 0.25) is 0 Å². The van der Waals surface area contributed by atoms with Gasteiger partial charge in [0.25, 0.3) is 0 Å². The van der Waals surface area contributed by atoms with Crippen LogP contribution in [0, 0.1) is 0 Å². The third-order valence-electron chi connectivity index (χ3n) is 1.98. The van der Waals surface area contributed by atoms with Crippen molar-refractivity contribution in [2.24, 2.45) is 0 Å². The first-order chi connectivity index (χ1) is 5.77. The molecule has 0 amide bonds. The van der Waals surface area contributed by atoms with Crippen LogP contribution in [-0.2, 0) is 0 Å². The molecule has 0 bridgehead atoms. The van der Waals surface area contributed by atoms with Crippen molar-refractivity contribution in [3.8, 4) is 0 Å². The fourth-order valence-corrected chi connectivity index (χ4v) is 1.22. The van der Waals surface area contributed by atoms with Crippen LogP contribution in [-0.4, -0.2) is 11.2 Å². The highest BCUT2D eigenvalue weighted by Crippen LogP contribution is 2.07. The van der Waals surface area contributed by atoms with Crippen LogP contribution in [0.1, 0.15) is 52.4 Å². The van der Waals surface area contributed by atoms with E-state index in [2.05, 4.69) is 19.1 Å². The van der Waals surface area contributed by atoms with E-state index in [0.717, 1.165) is 6.42 Å². The summed E-state index contributed by atoms with van der Waals surface area (Å²) in [6.45, 7) is 3.92. The van der Waals surface area contributed by atoms with Crippen LogP contribution in [0.3, 0.4) is 0 Å². The predicted octanol–water partition coefficient (Wildman–Crippen LogP) is 3.28. The molecule has 1 nitrogen and oxygen atoms in total. The topological polar surface area (TPSA) is 20.2 Å². The van der Waals surface area contributed by atoms with E-state index >= 15 is 0 Å². The van der Waals surface area contributed by atoms with Gasteiger partial charge in [-0.2, -0.15) is 0 Å². The van der Waals surface area contributed by atoms with E-state index in [1.54, 1.807) is 0 Å². The van der Waals surface area contributed by atoms with Gasteiger partial charge in [0, 0.05) is 0 Å². The highest BCUT2D eigenvalue weighted by Gasteiger charge is 1.94. The summed E-state index contributed by atoms with van der Waals surface area (Å²) < 4.78 is 0. The SMILES string of the molecule is C/C=C/CCCCCC[C@@H](C)O. The minimum absolute atomic E-state index is 0.111. The van der Waals surface area contributed by atoms with E-state index in [4.69, 9.17) is 5.11 Å². The number of aliphatic hydroxyl groups is 1. The molecule has 0 heterocycles. The molecule has 0 aliphatic carbocycles. The van der Waals surface area contributed by atoms with E-state index in [0.29, 0.717) is 0 Å². The minimum atomic E-state index is -0.111. The van der Waals surface area contributed by atoms with E-state index in [1.807, 2.05) is 6.92 Å². The lowest BCUT2D eigenvalue weighted by Crippen LogP contribution is -1.97. The molecule has 0 radical (unpaired) electrons. The normalized spacial score (nSPS) is 13.9. The van der Waals surface area contributed by atoms with E-state index in [9.17, 15) is 0 Å². The number of hydrogen-bond acceptors (Lipinski definition) is 1. The second kappa shape index (κ2) is 8.79. The Morgan fingerprint density at radius 3 is 2.42 bits per heavy atom. The fraction of sp³-hybridized carbons (Fsp3) is 0.818. The van der Waals surface area contributed by atoms with E-state index in [1.165, 1.54) is 32.1 Å². The first kappa shape index (κ1) is 11.7. The number of unbranched alkanes of at least 4 members (excludes halogenated alkanes) is 4. The van der Waals surface area contributed by atoms with E-state index < -0.39 is 0 Å². The third kappa shape index (κ3) is 9.70. The molecule has 0 unspecified atom stereocenters. The maximum Gasteiger partial charge on any atom is 0.0512 e. The Labute approximate surface area is 76.5 Å². The average molecular weight is 170 g/mol. The molecule has 72 valence electrons. The van der Waals surface area contributed by atoms with Crippen molar-refractivity contribution in [2.75, 3.05) is 0 Å². The van der Waals surface area contributed by atoms with Gasteiger partial charge >= 0.3 is 0 Å². The van der Waals surface area contributed by atoms with Crippen LogP contribution < -0.4 is 0 Å². The third-order valence-corrected chi connectivity index (χ3v) is 1.98. The second-order valence-corrected chi connectivity index (χ2v) is 3.41. The summed E-state index contributed by atoms with van der Waals surface area (Å²) in [5, 5.41) is 8.98. The fourth-order valence-electron chi connectivity index (χ4n) is 1.22. The summed E-state index contributed by atoms with van der Waals surface area (Å²) in [5.74, 6) is 0. The zero-order chi connectivity index (χ0) is 9.23. The van der Waals surface area contributed by atoms with Crippen LogP contribution in [0.4, 0.5) is 0 Å². The lowest BCUT2D eigenvalue weighted by atomic mass is 10.1. The Balaban J connectivity index is 2.91. The number of allylic oxidation sites excluding steroid dienone is 2. The summed E-state index contributed by atoms with van der Waals surface area (Å²) in [5.41, 5.74) is 0. The minimum Gasteiger partial charge on any atom is -0.393 e. The van der Waals surface area contributed by atoms with Gasteiger partial charge in [0.2, 0.25) is 0 Å². The van der Waals surface area contributed by atoms with Gasteiger partial charge in [0.1, 0.15) is 0 Å². The van der Waals surface area contributed by atoms with Crippen LogP contribution in [0.5, 0.6) is 0 Å². The number of hydrogen-bond donors (Lipinski definition) is 1. The van der Waals surface area contributed by atoms with Crippen molar-refractivity contribution < 1.29 is 5.11 Å². The van der Waals surface area contributed by atoms with Gasteiger partial charge in [0.05, 0.1) is 6.10 Å². The molecule has 0 saturated heterocycles. The molecule has 0 aliphatic heterocycles. The lowest BCUT2D eigenvalue weighted by molar-refractivity contribution is 0.180. The molecule has 0 spiro atoms. The van der Waals surface area contributed by atoms with E-state index in [-0.39, 0.29) is 6.10 Å². The van der Waals surface area contributed by atoms with Crippen molar-refractivity contribution in [2.45, 2.75) is 58.5 Å². The van der Waals surface area contributed by atoms with Gasteiger partial charge in [-0.15, -0.1) is 0 Å². The lowest BCUT2D eigenvalue weighted by Gasteiger charge is -2.02. The van der Waals surface area contributed by atoms with Crippen molar-refractivity contribution >= 4 is 0 Å². The molecule has 1 N–H and O–H groups in total. The van der Waals surface area contributed by atoms with Gasteiger partial charge in [-0.1, -0.05) is 31.4 Å². The molecule has 1 heteroatoms. The molecule has 0 rings (SSSR count). The Kier molecular flexibility index (Phi) is 8.57. The summed E-state index contributed by atoms with van der Waals surface area (Å²) in [7, 11) is 0.